The summed E-state index contributed by atoms with van der Waals surface area (Å²) < 4.78 is 4.60. The van der Waals surface area contributed by atoms with Gasteiger partial charge >= 0.3 is 5.97 Å². The molecule has 1 aliphatic heterocycles. The predicted molar refractivity (Wildman–Crippen MR) is 84.5 cm³/mol. The number of ether oxygens (including phenoxy) is 1. The van der Waals surface area contributed by atoms with Gasteiger partial charge in [-0.25, -0.2) is 9.98 Å². The van der Waals surface area contributed by atoms with E-state index in [0.717, 1.165) is 11.8 Å². The highest BCUT2D eigenvalue weighted by molar-refractivity contribution is 8.15. The first kappa shape index (κ1) is 17.0. The minimum atomic E-state index is -0.580. The molecule has 0 spiro atoms. The van der Waals surface area contributed by atoms with Crippen LogP contribution in [0.2, 0.25) is 0 Å². The number of nitrogens with one attached hydrogen (secondary N) is 2. The van der Waals surface area contributed by atoms with Crippen LogP contribution in [0.1, 0.15) is 23.8 Å². The highest BCUT2D eigenvalue weighted by Gasteiger charge is 2.38. The van der Waals surface area contributed by atoms with Gasteiger partial charge in [0, 0.05) is 13.6 Å². The second-order valence-corrected chi connectivity index (χ2v) is 5.71. The average Bonchev–Trinajstić information content (AvgIpc) is 3.12. The minimum absolute atomic E-state index is 0.0294. The predicted octanol–water partition coefficient (Wildman–Crippen LogP) is 0.284. The summed E-state index contributed by atoms with van der Waals surface area (Å²) in [6.07, 6.45) is 1.33. The summed E-state index contributed by atoms with van der Waals surface area (Å²) in [6.45, 7) is 2.21. The van der Waals surface area contributed by atoms with Gasteiger partial charge in [0.05, 0.1) is 19.9 Å². The zero-order valence-electron chi connectivity index (χ0n) is 13.0. The molecule has 1 atom stereocenters. The van der Waals surface area contributed by atoms with Crippen LogP contribution in [0.5, 0.6) is 0 Å². The van der Waals surface area contributed by atoms with Crippen molar-refractivity contribution in [2.45, 2.75) is 18.6 Å². The number of aromatic amines is 1. The van der Waals surface area contributed by atoms with Crippen LogP contribution in [-0.4, -0.2) is 63.8 Å². The molecular formula is C13H17N5O4S. The molecule has 0 aromatic carbocycles. The van der Waals surface area contributed by atoms with E-state index in [0.29, 0.717) is 11.7 Å². The molecule has 10 heteroatoms. The number of carbonyl (C=O) groups excluding carboxylic acids is 3. The van der Waals surface area contributed by atoms with Gasteiger partial charge in [-0.3, -0.25) is 19.3 Å². The van der Waals surface area contributed by atoms with Gasteiger partial charge in [-0.2, -0.15) is 0 Å². The van der Waals surface area contributed by atoms with Gasteiger partial charge in [-0.05, 0) is 6.92 Å². The van der Waals surface area contributed by atoms with Crippen LogP contribution in [0.15, 0.2) is 11.3 Å². The van der Waals surface area contributed by atoms with E-state index in [1.165, 1.54) is 25.4 Å². The SMILES string of the molecule is CCN1C(=O)[C@@H](CC(=O)OC)SC1=Nc1nc[nH]c1C(=O)NC. The maximum absolute atomic E-state index is 12.3. The van der Waals surface area contributed by atoms with Crippen molar-refractivity contribution in [1.29, 1.82) is 0 Å². The molecule has 1 fully saturated rings. The number of imidazole rings is 1. The van der Waals surface area contributed by atoms with Gasteiger partial charge in [0.25, 0.3) is 5.91 Å². The van der Waals surface area contributed by atoms with Crippen LogP contribution < -0.4 is 5.32 Å². The van der Waals surface area contributed by atoms with Crippen molar-refractivity contribution in [3.05, 3.63) is 12.0 Å². The summed E-state index contributed by atoms with van der Waals surface area (Å²) >= 11 is 1.16. The van der Waals surface area contributed by atoms with E-state index >= 15 is 0 Å². The molecular weight excluding hydrogens is 322 g/mol. The van der Waals surface area contributed by atoms with E-state index in [1.807, 2.05) is 0 Å². The lowest BCUT2D eigenvalue weighted by atomic mass is 10.3. The van der Waals surface area contributed by atoms with Crippen LogP contribution in [0.4, 0.5) is 5.82 Å². The number of amides is 2. The molecule has 124 valence electrons. The summed E-state index contributed by atoms with van der Waals surface area (Å²) in [5.41, 5.74) is 0.209. The van der Waals surface area contributed by atoms with E-state index < -0.39 is 11.2 Å². The Kier molecular flexibility index (Phi) is 5.37. The standard InChI is InChI=1S/C13H17N5O4S/c1-4-18-12(21)7(5-8(19)22-3)23-13(18)17-10-9(11(20)14-2)15-6-16-10/h6-7H,4-5H2,1-3H3,(H,14,20)(H,15,16)/t7-/m1/s1. The van der Waals surface area contributed by atoms with Crippen LogP contribution in [0.3, 0.4) is 0 Å². The van der Waals surface area contributed by atoms with E-state index in [2.05, 4.69) is 25.0 Å². The Balaban J connectivity index is 2.28. The van der Waals surface area contributed by atoms with Gasteiger partial charge in [-0.1, -0.05) is 11.8 Å². The first-order valence-electron chi connectivity index (χ1n) is 6.90. The molecule has 0 unspecified atom stereocenters. The van der Waals surface area contributed by atoms with Crippen LogP contribution in [0.25, 0.3) is 0 Å². The van der Waals surface area contributed by atoms with E-state index in [4.69, 9.17) is 0 Å². The maximum atomic E-state index is 12.3. The van der Waals surface area contributed by atoms with Crippen LogP contribution in [-0.2, 0) is 14.3 Å². The van der Waals surface area contributed by atoms with E-state index in [-0.39, 0.29) is 29.7 Å². The number of H-pyrrole nitrogens is 1. The fourth-order valence-electron chi connectivity index (χ4n) is 2.01. The average molecular weight is 339 g/mol. The second-order valence-electron chi connectivity index (χ2n) is 4.54. The summed E-state index contributed by atoms with van der Waals surface area (Å²) in [6, 6.07) is 0. The number of hydrogen-bond acceptors (Lipinski definition) is 7. The fourth-order valence-corrected chi connectivity index (χ4v) is 3.19. The highest BCUT2D eigenvalue weighted by Crippen LogP contribution is 2.31. The van der Waals surface area contributed by atoms with Gasteiger partial charge in [0.2, 0.25) is 5.91 Å². The number of rotatable bonds is 5. The molecule has 0 aliphatic carbocycles. The van der Waals surface area contributed by atoms with Crippen molar-refractivity contribution in [3.8, 4) is 0 Å². The first-order valence-corrected chi connectivity index (χ1v) is 7.78. The molecule has 2 rings (SSSR count). The quantitative estimate of drug-likeness (QED) is 0.745. The number of carbonyl (C=O) groups is 3. The lowest BCUT2D eigenvalue weighted by Crippen LogP contribution is -2.32. The minimum Gasteiger partial charge on any atom is -0.469 e. The third kappa shape index (κ3) is 3.52. The van der Waals surface area contributed by atoms with Crippen LogP contribution >= 0.6 is 11.8 Å². The Morgan fingerprint density at radius 3 is 2.91 bits per heavy atom. The number of thioether (sulfide) groups is 1. The van der Waals surface area contributed by atoms with Crippen molar-refractivity contribution in [3.63, 3.8) is 0 Å². The Labute approximate surface area is 136 Å². The highest BCUT2D eigenvalue weighted by atomic mass is 32.2. The largest absolute Gasteiger partial charge is 0.469 e. The summed E-state index contributed by atoms with van der Waals surface area (Å²) in [5.74, 6) is -0.834. The molecule has 1 saturated heterocycles. The number of hydrogen-bond donors (Lipinski definition) is 2. The van der Waals surface area contributed by atoms with Crippen molar-refractivity contribution in [1.82, 2.24) is 20.2 Å². The molecule has 1 aliphatic rings. The Morgan fingerprint density at radius 2 is 2.30 bits per heavy atom. The molecule has 2 N–H and O–H groups in total. The third-order valence-corrected chi connectivity index (χ3v) is 4.37. The molecule has 23 heavy (non-hydrogen) atoms. The Hall–Kier alpha value is -2.36. The molecule has 0 saturated carbocycles. The lowest BCUT2D eigenvalue weighted by Gasteiger charge is -2.12. The van der Waals surface area contributed by atoms with Crippen molar-refractivity contribution >= 4 is 40.5 Å². The normalized spacial score (nSPS) is 19.3. The van der Waals surface area contributed by atoms with E-state index in [1.54, 1.807) is 6.92 Å². The van der Waals surface area contributed by atoms with Crippen LogP contribution in [0, 0.1) is 0 Å². The first-order chi connectivity index (χ1) is 11.0. The maximum Gasteiger partial charge on any atom is 0.307 e. The number of aromatic nitrogens is 2. The van der Waals surface area contributed by atoms with Crippen molar-refractivity contribution < 1.29 is 19.1 Å². The third-order valence-electron chi connectivity index (χ3n) is 3.19. The Morgan fingerprint density at radius 1 is 1.57 bits per heavy atom. The van der Waals surface area contributed by atoms with Crippen molar-refractivity contribution in [2.24, 2.45) is 4.99 Å². The lowest BCUT2D eigenvalue weighted by molar-refractivity contribution is -0.142. The second kappa shape index (κ2) is 7.27. The molecule has 0 bridgehead atoms. The van der Waals surface area contributed by atoms with Gasteiger partial charge in [0.1, 0.15) is 5.25 Å². The van der Waals surface area contributed by atoms with E-state index in [9.17, 15) is 14.4 Å². The number of amidine groups is 1. The number of methoxy groups -OCH3 is 1. The molecule has 9 nitrogen and oxygen atoms in total. The number of aliphatic imine (C=N–C) groups is 1. The topological polar surface area (TPSA) is 117 Å². The zero-order chi connectivity index (χ0) is 17.0. The smallest absolute Gasteiger partial charge is 0.307 e. The van der Waals surface area contributed by atoms with Gasteiger partial charge in [0.15, 0.2) is 16.7 Å². The molecule has 1 aromatic rings. The molecule has 0 radical (unpaired) electrons. The number of esters is 1. The Bertz CT molecular complexity index is 657. The summed E-state index contributed by atoms with van der Waals surface area (Å²) in [5, 5.41) is 2.31. The fraction of sp³-hybridized carbons (Fsp3) is 0.462. The van der Waals surface area contributed by atoms with Gasteiger partial charge in [-0.15, -0.1) is 0 Å². The summed E-state index contributed by atoms with van der Waals surface area (Å²) in [4.78, 5) is 47.9. The molecule has 1 aromatic heterocycles. The number of nitrogens with zero attached hydrogens (tertiary/aromatic N) is 3. The summed E-state index contributed by atoms with van der Waals surface area (Å²) in [7, 11) is 2.77. The zero-order valence-corrected chi connectivity index (χ0v) is 13.8. The molecule has 2 amide bonds. The molecule has 2 heterocycles. The van der Waals surface area contributed by atoms with Crippen molar-refractivity contribution in [2.75, 3.05) is 20.7 Å². The monoisotopic (exact) mass is 339 g/mol. The van der Waals surface area contributed by atoms with Gasteiger partial charge < -0.3 is 15.0 Å².